The monoisotopic (exact) mass is 293 g/mol. The number of anilines is 2. The number of nitrogen functional groups attached to an aromatic ring is 1. The molecule has 2 N–H and O–H groups in total. The second-order valence-electron chi connectivity index (χ2n) is 6.58. The zero-order valence-electron chi connectivity index (χ0n) is 14.4. The number of hydrogen-bond acceptors (Lipinski definition) is 4. The first-order chi connectivity index (χ1) is 9.78. The van der Waals surface area contributed by atoms with Gasteiger partial charge in [-0.1, -0.05) is 20.3 Å². The second kappa shape index (κ2) is 7.53. The Bertz CT molecular complexity index is 440. The maximum atomic E-state index is 6.00. The third kappa shape index (κ3) is 5.44. The Morgan fingerprint density at radius 2 is 1.95 bits per heavy atom. The normalized spacial score (nSPS) is 13.0. The molecule has 0 aliphatic rings. The molecule has 1 atom stereocenters. The van der Waals surface area contributed by atoms with Crippen LogP contribution in [0.2, 0.25) is 0 Å². The summed E-state index contributed by atoms with van der Waals surface area (Å²) in [6.45, 7) is 13.7. The lowest BCUT2D eigenvalue weighted by Gasteiger charge is -2.30. The van der Waals surface area contributed by atoms with E-state index >= 15 is 0 Å². The van der Waals surface area contributed by atoms with Gasteiger partial charge < -0.3 is 15.4 Å². The summed E-state index contributed by atoms with van der Waals surface area (Å²) in [7, 11) is 0. The smallest absolute Gasteiger partial charge is 0.239 e. The molecule has 0 saturated carbocycles. The van der Waals surface area contributed by atoms with Crippen LogP contribution in [0, 0.1) is 0 Å². The van der Waals surface area contributed by atoms with Gasteiger partial charge in [-0.2, -0.15) is 4.98 Å². The molecule has 0 aliphatic carbocycles. The first kappa shape index (κ1) is 17.6. The third-order valence-electron chi connectivity index (χ3n) is 3.45. The van der Waals surface area contributed by atoms with E-state index in [1.54, 1.807) is 0 Å². The molecule has 0 amide bonds. The van der Waals surface area contributed by atoms with Crippen LogP contribution >= 0.6 is 0 Å². The van der Waals surface area contributed by atoms with Gasteiger partial charge in [0.15, 0.2) is 0 Å². The fourth-order valence-electron chi connectivity index (χ4n) is 2.08. The predicted octanol–water partition coefficient (Wildman–Crippen LogP) is 4.25. The number of nitrogens with two attached hydrogens (primary N) is 1. The Morgan fingerprint density at radius 3 is 2.48 bits per heavy atom. The quantitative estimate of drug-likeness (QED) is 0.816. The number of rotatable bonds is 7. The van der Waals surface area contributed by atoms with E-state index in [1.165, 1.54) is 6.42 Å². The van der Waals surface area contributed by atoms with Gasteiger partial charge in [0, 0.05) is 12.6 Å². The highest BCUT2D eigenvalue weighted by Gasteiger charge is 2.19. The molecule has 1 unspecified atom stereocenters. The van der Waals surface area contributed by atoms with Gasteiger partial charge in [-0.05, 0) is 52.7 Å². The molecule has 1 aromatic rings. The van der Waals surface area contributed by atoms with Gasteiger partial charge in [0.1, 0.15) is 11.4 Å². The van der Waals surface area contributed by atoms with Crippen molar-refractivity contribution in [1.29, 1.82) is 0 Å². The lowest BCUT2D eigenvalue weighted by Crippen LogP contribution is -2.34. The van der Waals surface area contributed by atoms with Crippen molar-refractivity contribution in [3.63, 3.8) is 0 Å². The van der Waals surface area contributed by atoms with Crippen LogP contribution in [-0.4, -0.2) is 23.2 Å². The summed E-state index contributed by atoms with van der Waals surface area (Å²) in [5, 5.41) is 0. The molecular formula is C17H31N3O. The van der Waals surface area contributed by atoms with E-state index in [0.29, 0.717) is 17.6 Å². The van der Waals surface area contributed by atoms with Crippen molar-refractivity contribution >= 4 is 11.5 Å². The molecule has 1 heterocycles. The Balaban J connectivity index is 3.05. The highest BCUT2D eigenvalue weighted by atomic mass is 16.5. The summed E-state index contributed by atoms with van der Waals surface area (Å²) in [5.41, 5.74) is 6.29. The molecule has 4 heteroatoms. The largest absolute Gasteiger partial charge is 0.470 e. The standard InChI is InChI=1S/C17H31N3O/c1-7-9-12-20(13(3)8-2)15-11-10-14(18)16(19-15)21-17(4,5)6/h10-11,13H,7-9,12,18H2,1-6H3. The van der Waals surface area contributed by atoms with Gasteiger partial charge in [0.05, 0.1) is 5.69 Å². The van der Waals surface area contributed by atoms with Crippen LogP contribution in [0.3, 0.4) is 0 Å². The summed E-state index contributed by atoms with van der Waals surface area (Å²) in [4.78, 5) is 7.00. The van der Waals surface area contributed by atoms with Crippen molar-refractivity contribution in [2.75, 3.05) is 17.2 Å². The number of ether oxygens (including phenoxy) is 1. The van der Waals surface area contributed by atoms with Gasteiger partial charge in [-0.25, -0.2) is 0 Å². The molecular weight excluding hydrogens is 262 g/mol. The maximum absolute atomic E-state index is 6.00. The van der Waals surface area contributed by atoms with E-state index in [4.69, 9.17) is 10.5 Å². The Labute approximate surface area is 129 Å². The van der Waals surface area contributed by atoms with Crippen molar-refractivity contribution in [1.82, 2.24) is 4.98 Å². The van der Waals surface area contributed by atoms with Crippen molar-refractivity contribution in [2.24, 2.45) is 0 Å². The zero-order valence-corrected chi connectivity index (χ0v) is 14.4. The van der Waals surface area contributed by atoms with Crippen LogP contribution < -0.4 is 15.4 Å². The fourth-order valence-corrected chi connectivity index (χ4v) is 2.08. The topological polar surface area (TPSA) is 51.4 Å². The Morgan fingerprint density at radius 1 is 1.29 bits per heavy atom. The van der Waals surface area contributed by atoms with Crippen molar-refractivity contribution in [3.8, 4) is 5.88 Å². The van der Waals surface area contributed by atoms with E-state index in [1.807, 2.05) is 32.9 Å². The summed E-state index contributed by atoms with van der Waals surface area (Å²) in [5.74, 6) is 1.48. The molecule has 1 aromatic heterocycles. The van der Waals surface area contributed by atoms with Crippen LogP contribution in [0.4, 0.5) is 11.5 Å². The molecule has 0 radical (unpaired) electrons. The van der Waals surface area contributed by atoms with Crippen LogP contribution in [0.25, 0.3) is 0 Å². The lowest BCUT2D eigenvalue weighted by atomic mass is 10.2. The summed E-state index contributed by atoms with van der Waals surface area (Å²) in [6.07, 6.45) is 3.42. The molecule has 0 bridgehead atoms. The van der Waals surface area contributed by atoms with E-state index in [0.717, 1.165) is 25.2 Å². The minimum absolute atomic E-state index is 0.301. The third-order valence-corrected chi connectivity index (χ3v) is 3.45. The number of pyridine rings is 1. The van der Waals surface area contributed by atoms with Gasteiger partial charge in [-0.15, -0.1) is 0 Å². The highest BCUT2D eigenvalue weighted by molar-refractivity contribution is 5.55. The van der Waals surface area contributed by atoms with Gasteiger partial charge in [-0.3, -0.25) is 0 Å². The number of aromatic nitrogens is 1. The number of nitrogens with zero attached hydrogens (tertiary/aromatic N) is 2. The Hall–Kier alpha value is -1.45. The average molecular weight is 293 g/mol. The molecule has 4 nitrogen and oxygen atoms in total. The van der Waals surface area contributed by atoms with Gasteiger partial charge >= 0.3 is 0 Å². The van der Waals surface area contributed by atoms with Crippen LogP contribution in [0.15, 0.2) is 12.1 Å². The number of unbranched alkanes of at least 4 members (excludes halogenated alkanes) is 1. The van der Waals surface area contributed by atoms with Crippen LogP contribution in [-0.2, 0) is 0 Å². The molecule has 0 spiro atoms. The van der Waals surface area contributed by atoms with Gasteiger partial charge in [0.2, 0.25) is 5.88 Å². The molecule has 0 aromatic carbocycles. The fraction of sp³-hybridized carbons (Fsp3) is 0.706. The van der Waals surface area contributed by atoms with Crippen molar-refractivity contribution in [2.45, 2.75) is 72.4 Å². The second-order valence-corrected chi connectivity index (χ2v) is 6.58. The average Bonchev–Trinajstić information content (AvgIpc) is 2.40. The first-order valence-corrected chi connectivity index (χ1v) is 8.00. The minimum atomic E-state index is -0.301. The van der Waals surface area contributed by atoms with E-state index in [2.05, 4.69) is 30.7 Å². The highest BCUT2D eigenvalue weighted by Crippen LogP contribution is 2.27. The minimum Gasteiger partial charge on any atom is -0.470 e. The van der Waals surface area contributed by atoms with Crippen molar-refractivity contribution in [3.05, 3.63) is 12.1 Å². The summed E-state index contributed by atoms with van der Waals surface area (Å²) < 4.78 is 5.88. The molecule has 21 heavy (non-hydrogen) atoms. The molecule has 120 valence electrons. The van der Waals surface area contributed by atoms with E-state index in [9.17, 15) is 0 Å². The summed E-state index contributed by atoms with van der Waals surface area (Å²) in [6, 6.07) is 4.34. The summed E-state index contributed by atoms with van der Waals surface area (Å²) >= 11 is 0. The molecule has 0 fully saturated rings. The molecule has 0 aliphatic heterocycles. The van der Waals surface area contributed by atoms with E-state index in [-0.39, 0.29) is 5.60 Å². The molecule has 1 rings (SSSR count). The molecule has 0 saturated heterocycles. The van der Waals surface area contributed by atoms with Crippen molar-refractivity contribution < 1.29 is 4.74 Å². The maximum Gasteiger partial charge on any atom is 0.239 e. The van der Waals surface area contributed by atoms with Crippen LogP contribution in [0.1, 0.15) is 60.8 Å². The lowest BCUT2D eigenvalue weighted by molar-refractivity contribution is 0.125. The SMILES string of the molecule is CCCCN(c1ccc(N)c(OC(C)(C)C)n1)C(C)CC. The predicted molar refractivity (Wildman–Crippen MR) is 91.0 cm³/mol. The van der Waals surface area contributed by atoms with Crippen LogP contribution in [0.5, 0.6) is 5.88 Å². The number of hydrogen-bond donors (Lipinski definition) is 1. The first-order valence-electron chi connectivity index (χ1n) is 8.00. The Kier molecular flexibility index (Phi) is 6.31. The van der Waals surface area contributed by atoms with E-state index < -0.39 is 0 Å². The zero-order chi connectivity index (χ0) is 16.0. The van der Waals surface area contributed by atoms with Gasteiger partial charge in [0.25, 0.3) is 0 Å².